The molecule has 2 aliphatic heterocycles. The number of hydrogen-bond acceptors (Lipinski definition) is 6. The summed E-state index contributed by atoms with van der Waals surface area (Å²) in [7, 11) is 1.73. The highest BCUT2D eigenvalue weighted by Crippen LogP contribution is 2.44. The summed E-state index contributed by atoms with van der Waals surface area (Å²) < 4.78 is 11.5. The summed E-state index contributed by atoms with van der Waals surface area (Å²) in [6, 6.07) is 2.03. The van der Waals surface area contributed by atoms with Crippen molar-refractivity contribution in [3.8, 4) is 0 Å². The minimum atomic E-state index is -0.248. The van der Waals surface area contributed by atoms with Gasteiger partial charge < -0.3 is 25.0 Å². The SMILES string of the molecule is COCCN1CCC2(CC1)OCCc1sc(C(=O)NCCNC(C)=O)cc12. The molecule has 1 aromatic heterocycles. The molecule has 0 aliphatic carbocycles. The van der Waals surface area contributed by atoms with E-state index in [2.05, 4.69) is 15.5 Å². The zero-order chi connectivity index (χ0) is 19.3. The van der Waals surface area contributed by atoms with E-state index in [0.29, 0.717) is 13.1 Å². The maximum Gasteiger partial charge on any atom is 0.261 e. The maximum atomic E-state index is 12.5. The average Bonchev–Trinajstić information content (AvgIpc) is 3.11. The Labute approximate surface area is 164 Å². The third-order valence-corrected chi connectivity index (χ3v) is 6.48. The first-order valence-corrected chi connectivity index (χ1v) is 10.4. The second-order valence-corrected chi connectivity index (χ2v) is 8.25. The fourth-order valence-electron chi connectivity index (χ4n) is 3.80. The first-order chi connectivity index (χ1) is 13.0. The van der Waals surface area contributed by atoms with Gasteiger partial charge in [-0.15, -0.1) is 11.3 Å². The number of amides is 2. The third kappa shape index (κ3) is 4.87. The number of nitrogens with one attached hydrogen (secondary N) is 2. The minimum Gasteiger partial charge on any atom is -0.383 e. The van der Waals surface area contributed by atoms with Gasteiger partial charge in [-0.2, -0.15) is 0 Å². The van der Waals surface area contributed by atoms with Crippen molar-refractivity contribution in [2.75, 3.05) is 53.0 Å². The molecule has 0 atom stereocenters. The van der Waals surface area contributed by atoms with E-state index in [1.807, 2.05) is 6.07 Å². The van der Waals surface area contributed by atoms with Gasteiger partial charge in [0.1, 0.15) is 0 Å². The van der Waals surface area contributed by atoms with Crippen LogP contribution in [0, 0.1) is 0 Å². The number of ether oxygens (including phenoxy) is 2. The van der Waals surface area contributed by atoms with Crippen LogP contribution in [-0.2, 0) is 26.3 Å². The number of likely N-dealkylation sites (tertiary alicyclic amines) is 1. The number of nitrogens with zero attached hydrogens (tertiary/aromatic N) is 1. The summed E-state index contributed by atoms with van der Waals surface area (Å²) in [5, 5.41) is 5.56. The molecule has 8 heteroatoms. The lowest BCUT2D eigenvalue weighted by atomic mass is 9.82. The summed E-state index contributed by atoms with van der Waals surface area (Å²) >= 11 is 1.58. The lowest BCUT2D eigenvalue weighted by Gasteiger charge is -2.44. The van der Waals surface area contributed by atoms with Crippen LogP contribution in [0.2, 0.25) is 0 Å². The summed E-state index contributed by atoms with van der Waals surface area (Å²) in [6.45, 7) is 6.72. The van der Waals surface area contributed by atoms with Crippen LogP contribution in [0.3, 0.4) is 0 Å². The zero-order valence-electron chi connectivity index (χ0n) is 16.1. The highest BCUT2D eigenvalue weighted by Gasteiger charge is 2.42. The molecule has 1 spiro atoms. The molecule has 27 heavy (non-hydrogen) atoms. The van der Waals surface area contributed by atoms with E-state index in [0.717, 1.165) is 57.0 Å². The van der Waals surface area contributed by atoms with Crippen molar-refractivity contribution in [2.24, 2.45) is 0 Å². The monoisotopic (exact) mass is 395 g/mol. The van der Waals surface area contributed by atoms with Crippen LogP contribution in [0.25, 0.3) is 0 Å². The van der Waals surface area contributed by atoms with Gasteiger partial charge >= 0.3 is 0 Å². The van der Waals surface area contributed by atoms with Gasteiger partial charge in [0, 0.05) is 58.1 Å². The Bertz CT molecular complexity index is 668. The van der Waals surface area contributed by atoms with Gasteiger partial charge in [-0.1, -0.05) is 0 Å². The summed E-state index contributed by atoms with van der Waals surface area (Å²) in [4.78, 5) is 27.8. The van der Waals surface area contributed by atoms with E-state index in [9.17, 15) is 9.59 Å². The molecular weight excluding hydrogens is 366 g/mol. The second-order valence-electron chi connectivity index (χ2n) is 7.11. The first kappa shape index (κ1) is 20.3. The average molecular weight is 396 g/mol. The van der Waals surface area contributed by atoms with Gasteiger partial charge in [0.05, 0.1) is 23.7 Å². The van der Waals surface area contributed by atoms with Gasteiger partial charge in [0.15, 0.2) is 0 Å². The minimum absolute atomic E-state index is 0.0765. The molecule has 1 fully saturated rings. The van der Waals surface area contributed by atoms with Gasteiger partial charge in [-0.05, 0) is 24.5 Å². The van der Waals surface area contributed by atoms with Crippen molar-refractivity contribution in [3.63, 3.8) is 0 Å². The quantitative estimate of drug-likeness (QED) is 0.677. The van der Waals surface area contributed by atoms with E-state index in [1.165, 1.54) is 17.4 Å². The predicted octanol–water partition coefficient (Wildman–Crippen LogP) is 1.12. The largest absolute Gasteiger partial charge is 0.383 e. The molecule has 2 amide bonds. The Morgan fingerprint density at radius 3 is 2.74 bits per heavy atom. The number of methoxy groups -OCH3 is 1. The van der Waals surface area contributed by atoms with Crippen molar-refractivity contribution in [2.45, 2.75) is 31.8 Å². The molecule has 0 aromatic carbocycles. The molecule has 3 heterocycles. The lowest BCUT2D eigenvalue weighted by molar-refractivity contribution is -0.118. The predicted molar refractivity (Wildman–Crippen MR) is 104 cm³/mol. The highest BCUT2D eigenvalue weighted by atomic mass is 32.1. The molecule has 0 radical (unpaired) electrons. The molecule has 0 bridgehead atoms. The Balaban J connectivity index is 1.63. The van der Waals surface area contributed by atoms with Crippen molar-refractivity contribution in [1.82, 2.24) is 15.5 Å². The van der Waals surface area contributed by atoms with Crippen LogP contribution < -0.4 is 10.6 Å². The third-order valence-electron chi connectivity index (χ3n) is 5.29. The van der Waals surface area contributed by atoms with Crippen LogP contribution in [0.4, 0.5) is 0 Å². The number of hydrogen-bond donors (Lipinski definition) is 2. The van der Waals surface area contributed by atoms with Crippen molar-refractivity contribution in [1.29, 1.82) is 0 Å². The molecule has 3 rings (SSSR count). The van der Waals surface area contributed by atoms with Gasteiger partial charge in [-0.3, -0.25) is 9.59 Å². The van der Waals surface area contributed by atoms with Crippen molar-refractivity contribution in [3.05, 3.63) is 21.4 Å². The number of fused-ring (bicyclic) bond motifs is 2. The van der Waals surface area contributed by atoms with E-state index in [-0.39, 0.29) is 17.4 Å². The number of thiophene rings is 1. The molecule has 0 saturated carbocycles. The molecule has 150 valence electrons. The Hall–Kier alpha value is -1.48. The fourth-order valence-corrected chi connectivity index (χ4v) is 4.95. The zero-order valence-corrected chi connectivity index (χ0v) is 17.0. The molecule has 2 aliphatic rings. The molecular formula is C19H29N3O4S. The van der Waals surface area contributed by atoms with Gasteiger partial charge in [0.25, 0.3) is 5.91 Å². The van der Waals surface area contributed by atoms with Crippen LogP contribution in [0.1, 0.15) is 39.9 Å². The van der Waals surface area contributed by atoms with E-state index in [1.54, 1.807) is 18.4 Å². The van der Waals surface area contributed by atoms with Crippen LogP contribution >= 0.6 is 11.3 Å². The maximum absolute atomic E-state index is 12.5. The Morgan fingerprint density at radius 2 is 2.04 bits per heavy atom. The molecule has 1 saturated heterocycles. The number of rotatable bonds is 7. The van der Waals surface area contributed by atoms with Crippen LogP contribution in [0.15, 0.2) is 6.07 Å². The topological polar surface area (TPSA) is 79.9 Å². The molecule has 2 N–H and O–H groups in total. The first-order valence-electron chi connectivity index (χ1n) is 9.55. The van der Waals surface area contributed by atoms with Crippen LogP contribution in [0.5, 0.6) is 0 Å². The standard InChI is InChI=1S/C19H29N3O4S/c1-14(23)20-6-7-21-18(24)17-13-15-16(27-17)3-11-26-19(15)4-8-22(9-5-19)10-12-25-2/h13H,3-12H2,1-2H3,(H,20,23)(H,21,24). The molecule has 7 nitrogen and oxygen atoms in total. The summed E-state index contributed by atoms with van der Waals surface area (Å²) in [5.74, 6) is -0.167. The fraction of sp³-hybridized carbons (Fsp3) is 0.684. The van der Waals surface area contributed by atoms with Crippen LogP contribution in [-0.4, -0.2) is 69.8 Å². The van der Waals surface area contributed by atoms with Crippen molar-refractivity contribution >= 4 is 23.2 Å². The second kappa shape index (κ2) is 9.14. The van der Waals surface area contributed by atoms with Gasteiger partial charge in [-0.25, -0.2) is 0 Å². The Morgan fingerprint density at radius 1 is 1.30 bits per heavy atom. The number of carbonyl (C=O) groups is 2. The normalized spacial score (nSPS) is 18.9. The highest BCUT2D eigenvalue weighted by molar-refractivity contribution is 7.14. The lowest BCUT2D eigenvalue weighted by Crippen LogP contribution is -2.46. The number of piperidine rings is 1. The van der Waals surface area contributed by atoms with Crippen molar-refractivity contribution < 1.29 is 19.1 Å². The smallest absolute Gasteiger partial charge is 0.261 e. The Kier molecular flexibility index (Phi) is 6.86. The van der Waals surface area contributed by atoms with E-state index < -0.39 is 0 Å². The molecule has 0 unspecified atom stereocenters. The summed E-state index contributed by atoms with van der Waals surface area (Å²) in [6.07, 6.45) is 2.77. The molecule has 1 aromatic rings. The van der Waals surface area contributed by atoms with E-state index >= 15 is 0 Å². The van der Waals surface area contributed by atoms with Gasteiger partial charge in [0.2, 0.25) is 5.91 Å². The number of carbonyl (C=O) groups excluding carboxylic acids is 2. The summed E-state index contributed by atoms with van der Waals surface area (Å²) in [5.41, 5.74) is 0.958. The van der Waals surface area contributed by atoms with E-state index in [4.69, 9.17) is 9.47 Å².